The molecule has 0 amide bonds. The van der Waals surface area contributed by atoms with E-state index in [1.54, 1.807) is 13.8 Å². The summed E-state index contributed by atoms with van der Waals surface area (Å²) >= 11 is 0. The monoisotopic (exact) mass is 378 g/mol. The first-order valence-electron chi connectivity index (χ1n) is 6.07. The SMILES string of the molecule is C=CC(=O)[O-].C=CC(=O)[O-].CCC(C)[O-].CCC(C)[O-].[Zr+4]. The summed E-state index contributed by atoms with van der Waals surface area (Å²) in [6.45, 7) is 12.9. The van der Waals surface area contributed by atoms with E-state index in [1.165, 1.54) is 0 Å². The Labute approximate surface area is 146 Å². The van der Waals surface area contributed by atoms with Crippen molar-refractivity contribution in [2.45, 2.75) is 52.7 Å². The van der Waals surface area contributed by atoms with Gasteiger partial charge in [0.25, 0.3) is 0 Å². The van der Waals surface area contributed by atoms with Gasteiger partial charge < -0.3 is 30.0 Å². The smallest absolute Gasteiger partial charge is 0.852 e. The maximum Gasteiger partial charge on any atom is 4.00 e. The molecule has 0 aliphatic heterocycles. The van der Waals surface area contributed by atoms with Gasteiger partial charge in [0.2, 0.25) is 0 Å². The van der Waals surface area contributed by atoms with Crippen LogP contribution >= 0.6 is 0 Å². The van der Waals surface area contributed by atoms with Gasteiger partial charge in [0.05, 0.1) is 11.9 Å². The molecular formula is C14H24O6Zr. The van der Waals surface area contributed by atoms with Crippen LogP contribution in [0.4, 0.5) is 0 Å². The van der Waals surface area contributed by atoms with Crippen LogP contribution in [0.15, 0.2) is 25.3 Å². The van der Waals surface area contributed by atoms with Gasteiger partial charge >= 0.3 is 26.2 Å². The molecule has 2 unspecified atom stereocenters. The first kappa shape index (κ1) is 32.2. The minimum absolute atomic E-state index is 0. The van der Waals surface area contributed by atoms with Gasteiger partial charge in [-0.25, -0.2) is 0 Å². The van der Waals surface area contributed by atoms with Crippen molar-refractivity contribution in [2.75, 3.05) is 0 Å². The van der Waals surface area contributed by atoms with E-state index >= 15 is 0 Å². The number of carbonyl (C=O) groups is 2. The van der Waals surface area contributed by atoms with E-state index in [0.29, 0.717) is 0 Å². The van der Waals surface area contributed by atoms with Crippen molar-refractivity contribution in [3.05, 3.63) is 25.3 Å². The molecule has 21 heavy (non-hydrogen) atoms. The third kappa shape index (κ3) is 109. The Morgan fingerprint density at radius 1 is 0.905 bits per heavy atom. The van der Waals surface area contributed by atoms with Gasteiger partial charge in [-0.05, 0) is 12.2 Å². The first-order valence-corrected chi connectivity index (χ1v) is 6.07. The van der Waals surface area contributed by atoms with E-state index in [2.05, 4.69) is 13.2 Å². The third-order valence-corrected chi connectivity index (χ3v) is 1.48. The number of hydrogen-bond acceptors (Lipinski definition) is 6. The maximum atomic E-state index is 9.90. The molecular weight excluding hydrogens is 355 g/mol. The molecule has 0 rings (SSSR count). The second-order valence-electron chi connectivity index (χ2n) is 3.48. The number of aliphatic carboxylic acids is 2. The Balaban J connectivity index is -0.0000000533. The maximum absolute atomic E-state index is 9.90. The van der Waals surface area contributed by atoms with Crippen LogP contribution in [0, 0.1) is 0 Å². The number of rotatable bonds is 4. The third-order valence-electron chi connectivity index (χ3n) is 1.48. The summed E-state index contributed by atoms with van der Waals surface area (Å²) in [7, 11) is 0. The number of carboxylic acid groups (broad SMARTS) is 2. The van der Waals surface area contributed by atoms with Crippen molar-refractivity contribution in [1.29, 1.82) is 0 Å². The number of carbonyl (C=O) groups excluding carboxylic acids is 2. The molecule has 0 aromatic heterocycles. The molecule has 0 spiro atoms. The standard InChI is InChI=1S/2C4H9O.2C3H4O2.Zr/c2*1-3-4(2)5;2*1-2-3(4)5;/h2*4H,3H2,1-2H3;2*2H,1H2,(H,4,5);/q2*-1;;;+4/p-2. The van der Waals surface area contributed by atoms with Crippen LogP contribution in [-0.2, 0) is 35.8 Å². The number of hydrogen-bond donors (Lipinski definition) is 0. The summed E-state index contributed by atoms with van der Waals surface area (Å²) in [5.74, 6) is -2.46. The van der Waals surface area contributed by atoms with Gasteiger partial charge in [0.1, 0.15) is 0 Å². The fourth-order valence-corrected chi connectivity index (χ4v) is 0. The van der Waals surface area contributed by atoms with Gasteiger partial charge in [0.15, 0.2) is 0 Å². The molecule has 2 atom stereocenters. The van der Waals surface area contributed by atoms with Crippen molar-refractivity contribution >= 4 is 11.9 Å². The molecule has 0 radical (unpaired) electrons. The molecule has 0 bridgehead atoms. The minimum atomic E-state index is -1.23. The first-order chi connectivity index (χ1) is 9.08. The number of carboxylic acids is 2. The molecule has 0 saturated heterocycles. The molecule has 120 valence electrons. The Morgan fingerprint density at radius 2 is 1.00 bits per heavy atom. The summed E-state index contributed by atoms with van der Waals surface area (Å²) < 4.78 is 0. The van der Waals surface area contributed by atoms with Crippen LogP contribution in [-0.4, -0.2) is 24.1 Å². The average molecular weight is 380 g/mol. The quantitative estimate of drug-likeness (QED) is 0.527. The van der Waals surface area contributed by atoms with Crippen LogP contribution in [0.5, 0.6) is 0 Å². The van der Waals surface area contributed by atoms with E-state index in [0.717, 1.165) is 25.0 Å². The van der Waals surface area contributed by atoms with E-state index in [4.69, 9.17) is 19.8 Å². The van der Waals surface area contributed by atoms with Crippen LogP contribution in [0.3, 0.4) is 0 Å². The van der Waals surface area contributed by atoms with E-state index in [-0.39, 0.29) is 38.4 Å². The summed E-state index contributed by atoms with van der Waals surface area (Å²) in [6.07, 6.45) is 2.21. The molecule has 6 nitrogen and oxygen atoms in total. The van der Waals surface area contributed by atoms with Crippen molar-refractivity contribution in [3.8, 4) is 0 Å². The molecule has 0 aliphatic carbocycles. The van der Waals surface area contributed by atoms with Crippen LogP contribution in [0.2, 0.25) is 0 Å². The van der Waals surface area contributed by atoms with E-state index < -0.39 is 11.9 Å². The molecule has 0 aromatic carbocycles. The minimum Gasteiger partial charge on any atom is -0.852 e. The molecule has 0 saturated carbocycles. The van der Waals surface area contributed by atoms with E-state index in [9.17, 15) is 10.2 Å². The zero-order valence-electron chi connectivity index (χ0n) is 13.1. The van der Waals surface area contributed by atoms with Gasteiger partial charge in [-0.15, -0.1) is 12.2 Å². The zero-order valence-corrected chi connectivity index (χ0v) is 15.5. The summed E-state index contributed by atoms with van der Waals surface area (Å²) in [6, 6.07) is 0. The van der Waals surface area contributed by atoms with Crippen LogP contribution in [0.25, 0.3) is 0 Å². The molecule has 7 heteroatoms. The molecule has 0 aromatic rings. The van der Waals surface area contributed by atoms with Crippen LogP contribution in [0.1, 0.15) is 40.5 Å². The average Bonchev–Trinajstić information content (AvgIpc) is 2.40. The van der Waals surface area contributed by atoms with Crippen molar-refractivity contribution in [2.24, 2.45) is 0 Å². The topological polar surface area (TPSA) is 126 Å². The fraction of sp³-hybridized carbons (Fsp3) is 0.571. The Kier molecular flexibility index (Phi) is 42.3. The van der Waals surface area contributed by atoms with Gasteiger partial charge in [-0.3, -0.25) is 0 Å². The molecule has 0 N–H and O–H groups in total. The van der Waals surface area contributed by atoms with Crippen molar-refractivity contribution in [3.63, 3.8) is 0 Å². The van der Waals surface area contributed by atoms with Gasteiger partial charge in [-0.1, -0.05) is 53.7 Å². The summed E-state index contributed by atoms with van der Waals surface area (Å²) in [5.41, 5.74) is 0. The molecule has 0 aliphatic rings. The predicted octanol–water partition coefficient (Wildman–Crippen LogP) is -1.87. The fourth-order valence-electron chi connectivity index (χ4n) is 0. The van der Waals surface area contributed by atoms with Crippen molar-refractivity contribution in [1.82, 2.24) is 0 Å². The Bertz CT molecular complexity index is 226. The Hall–Kier alpha value is -0.777. The summed E-state index contributed by atoms with van der Waals surface area (Å²) in [4.78, 5) is 18.3. The van der Waals surface area contributed by atoms with Crippen LogP contribution < -0.4 is 20.4 Å². The second kappa shape index (κ2) is 27.5. The summed E-state index contributed by atoms with van der Waals surface area (Å²) in [5, 5.41) is 38.1. The van der Waals surface area contributed by atoms with Gasteiger partial charge in [0, 0.05) is 0 Å². The Morgan fingerprint density at radius 3 is 1.00 bits per heavy atom. The molecule has 0 fully saturated rings. The second-order valence-corrected chi connectivity index (χ2v) is 3.48. The van der Waals surface area contributed by atoms with Gasteiger partial charge in [-0.2, -0.15) is 0 Å². The predicted molar refractivity (Wildman–Crippen MR) is 69.9 cm³/mol. The largest absolute Gasteiger partial charge is 4.00 e. The zero-order chi connectivity index (χ0) is 17.1. The van der Waals surface area contributed by atoms with E-state index in [1.807, 2.05) is 13.8 Å². The van der Waals surface area contributed by atoms with Crippen molar-refractivity contribution < 1.29 is 56.2 Å². The normalized spacial score (nSPS) is 10.2. The molecule has 0 heterocycles.